The molecule has 1 aromatic carbocycles. The largest absolute Gasteiger partial charge is 0.345 e. The lowest BCUT2D eigenvalue weighted by Gasteiger charge is -2.36. The highest BCUT2D eigenvalue weighted by Gasteiger charge is 2.26. The zero-order chi connectivity index (χ0) is 26.4. The van der Waals surface area contributed by atoms with Gasteiger partial charge >= 0.3 is 0 Å². The van der Waals surface area contributed by atoms with Gasteiger partial charge in [0.05, 0.1) is 0 Å². The number of hydrogen-bond acceptors (Lipinski definition) is 3. The first kappa shape index (κ1) is 15.0. The van der Waals surface area contributed by atoms with Crippen molar-refractivity contribution in [3.63, 3.8) is 0 Å². The summed E-state index contributed by atoms with van der Waals surface area (Å²) in [4.78, 5) is 19.7. The molecule has 0 bridgehead atoms. The van der Waals surface area contributed by atoms with Crippen LogP contribution in [0.1, 0.15) is 61.6 Å². The number of aromatic nitrogens is 2. The van der Waals surface area contributed by atoms with Gasteiger partial charge in [0.1, 0.15) is 5.65 Å². The number of halogens is 1. The van der Waals surface area contributed by atoms with Crippen molar-refractivity contribution in [2.45, 2.75) is 31.7 Å². The first-order valence-corrected chi connectivity index (χ1v) is 11.2. The molecule has 158 valence electrons. The minimum atomic E-state index is -3.05. The van der Waals surface area contributed by atoms with Crippen LogP contribution < -0.4 is 0 Å². The number of aryl methyl sites for hydroxylation is 1. The van der Waals surface area contributed by atoms with Gasteiger partial charge in [-0.1, -0.05) is 12.1 Å². The van der Waals surface area contributed by atoms with Crippen LogP contribution in [-0.2, 0) is 7.05 Å². The second kappa shape index (κ2) is 8.67. The molecule has 0 N–H and O–H groups in total. The molecule has 3 heterocycles. The Hall–Kier alpha value is -1.93. The monoisotopic (exact) mass is 522 g/mol. The van der Waals surface area contributed by atoms with Crippen LogP contribution in [0.2, 0.25) is 0 Å². The van der Waals surface area contributed by atoms with Crippen molar-refractivity contribution < 1.29 is 13.0 Å². The van der Waals surface area contributed by atoms with E-state index in [2.05, 4.69) is 57.1 Å². The first-order chi connectivity index (χ1) is 16.8. The van der Waals surface area contributed by atoms with Crippen LogP contribution in [0.25, 0.3) is 11.0 Å². The van der Waals surface area contributed by atoms with Crippen molar-refractivity contribution in [3.8, 4) is 0 Å². The lowest BCUT2D eigenvalue weighted by molar-refractivity contribution is 0.0827. The standard InChI is InChI=1S/C24H29IN4O/c1-16(22-15-20-21(25)9-12-26-23(20)28(22)4)29-13-10-18(11-14-29)17-5-7-19(8-6-17)24(30)27(2)3/h5-9,12,15-16,18H,10-11,13-14H2,1-4H3/t16-/m0/s1/i2D3,3D3. The van der Waals surface area contributed by atoms with Gasteiger partial charge in [0.2, 0.25) is 0 Å². The topological polar surface area (TPSA) is 41.4 Å². The zero-order valence-electron chi connectivity index (χ0n) is 23.1. The Morgan fingerprint density at radius 1 is 1.23 bits per heavy atom. The molecule has 2 aromatic heterocycles. The minimum absolute atomic E-state index is 0.00156. The zero-order valence-corrected chi connectivity index (χ0v) is 19.3. The fourth-order valence-corrected chi connectivity index (χ4v) is 5.00. The van der Waals surface area contributed by atoms with E-state index in [0.717, 1.165) is 37.1 Å². The molecule has 0 radical (unpaired) electrons. The molecule has 1 fully saturated rings. The maximum absolute atomic E-state index is 12.7. The van der Waals surface area contributed by atoms with Gasteiger partial charge in [-0.2, -0.15) is 0 Å². The lowest BCUT2D eigenvalue weighted by Crippen LogP contribution is -2.35. The van der Waals surface area contributed by atoms with Crippen LogP contribution in [0.5, 0.6) is 0 Å². The number of carbonyl (C=O) groups excluding carboxylic acids is 1. The fourth-order valence-electron chi connectivity index (χ4n) is 4.44. The van der Waals surface area contributed by atoms with E-state index in [4.69, 9.17) is 8.22 Å². The van der Waals surface area contributed by atoms with Gasteiger partial charge in [0, 0.05) is 61.7 Å². The van der Waals surface area contributed by atoms with Crippen molar-refractivity contribution in [1.29, 1.82) is 0 Å². The molecule has 1 aliphatic heterocycles. The molecular formula is C24H29IN4O. The van der Waals surface area contributed by atoms with Crippen LogP contribution in [0.4, 0.5) is 0 Å². The fraction of sp³-hybridized carbons (Fsp3) is 0.417. The highest BCUT2D eigenvalue weighted by atomic mass is 127. The van der Waals surface area contributed by atoms with Gasteiger partial charge in [-0.05, 0) is 91.2 Å². The molecule has 3 aromatic rings. The van der Waals surface area contributed by atoms with Crippen LogP contribution in [0, 0.1) is 3.57 Å². The Morgan fingerprint density at radius 2 is 1.93 bits per heavy atom. The average molecular weight is 522 g/mol. The van der Waals surface area contributed by atoms with Gasteiger partial charge in [-0.3, -0.25) is 9.69 Å². The third-order valence-electron chi connectivity index (χ3n) is 6.25. The Labute approximate surface area is 200 Å². The summed E-state index contributed by atoms with van der Waals surface area (Å²) in [6.07, 6.45) is 3.74. The van der Waals surface area contributed by atoms with E-state index in [1.54, 1.807) is 0 Å². The van der Waals surface area contributed by atoms with Crippen molar-refractivity contribution in [2.24, 2.45) is 7.05 Å². The first-order valence-electron chi connectivity index (χ1n) is 13.1. The van der Waals surface area contributed by atoms with Crippen LogP contribution in [0.3, 0.4) is 0 Å². The SMILES string of the molecule is [2H]C([2H])([2H])N(C(=O)c1ccc(C2CCN([C@@H](C)c3cc4c(I)ccnc4n3C)CC2)cc1)C([2H])([2H])[2H]. The van der Waals surface area contributed by atoms with Crippen molar-refractivity contribution >= 4 is 39.5 Å². The second-order valence-corrected chi connectivity index (χ2v) is 9.07. The number of amides is 1. The Morgan fingerprint density at radius 3 is 2.57 bits per heavy atom. The Bertz CT molecular complexity index is 1230. The molecule has 1 saturated heterocycles. The molecule has 4 rings (SSSR count). The van der Waals surface area contributed by atoms with E-state index < -0.39 is 19.9 Å². The number of piperidine rings is 1. The molecule has 0 unspecified atom stereocenters. The number of nitrogens with zero attached hydrogens (tertiary/aromatic N) is 4. The van der Waals surface area contributed by atoms with Crippen LogP contribution in [0.15, 0.2) is 42.6 Å². The number of hydrogen-bond donors (Lipinski definition) is 0. The summed E-state index contributed by atoms with van der Waals surface area (Å²) in [5.41, 5.74) is 3.34. The molecule has 5 nitrogen and oxygen atoms in total. The van der Waals surface area contributed by atoms with Gasteiger partial charge in [0.25, 0.3) is 5.91 Å². The van der Waals surface area contributed by atoms with Crippen LogP contribution >= 0.6 is 22.6 Å². The van der Waals surface area contributed by atoms with E-state index in [1.165, 1.54) is 26.8 Å². The summed E-state index contributed by atoms with van der Waals surface area (Å²) in [7, 11) is 2.06. The summed E-state index contributed by atoms with van der Waals surface area (Å²) in [6.45, 7) is -2.04. The Kier molecular flexibility index (Phi) is 4.33. The number of fused-ring (bicyclic) bond motifs is 1. The predicted molar refractivity (Wildman–Crippen MR) is 130 cm³/mol. The summed E-state index contributed by atoms with van der Waals surface area (Å²) < 4.78 is 48.2. The van der Waals surface area contributed by atoms with Crippen molar-refractivity contribution in [2.75, 3.05) is 27.0 Å². The molecule has 0 aliphatic carbocycles. The van der Waals surface area contributed by atoms with Crippen molar-refractivity contribution in [1.82, 2.24) is 19.4 Å². The van der Waals surface area contributed by atoms with Gasteiger partial charge in [0.15, 0.2) is 0 Å². The Balaban J connectivity index is 1.43. The smallest absolute Gasteiger partial charge is 0.253 e. The van der Waals surface area contributed by atoms with Crippen molar-refractivity contribution in [3.05, 3.63) is 63.0 Å². The van der Waals surface area contributed by atoms with E-state index in [0.29, 0.717) is 5.92 Å². The number of pyridine rings is 1. The average Bonchev–Trinajstić information content (AvgIpc) is 3.15. The number of rotatable bonds is 4. The maximum atomic E-state index is 12.7. The molecule has 0 spiro atoms. The van der Waals surface area contributed by atoms with Crippen LogP contribution in [-0.4, -0.2) is 52.3 Å². The summed E-state index contributed by atoms with van der Waals surface area (Å²) in [6, 6.07) is 11.2. The molecule has 1 atom stereocenters. The molecular weight excluding hydrogens is 487 g/mol. The third kappa shape index (κ3) is 3.99. The minimum Gasteiger partial charge on any atom is -0.345 e. The summed E-state index contributed by atoms with van der Waals surface area (Å²) >= 11 is 2.35. The molecule has 0 saturated carbocycles. The third-order valence-corrected chi connectivity index (χ3v) is 7.19. The summed E-state index contributed by atoms with van der Waals surface area (Å²) in [5, 5.41) is 1.17. The molecule has 1 aliphatic rings. The number of benzene rings is 1. The molecule has 6 heteroatoms. The quantitative estimate of drug-likeness (QED) is 0.462. The predicted octanol–water partition coefficient (Wildman–Crippen LogP) is 4.82. The number of carbonyl (C=O) groups is 1. The molecule has 30 heavy (non-hydrogen) atoms. The normalized spacial score (nSPS) is 20.5. The van der Waals surface area contributed by atoms with E-state index >= 15 is 0 Å². The second-order valence-electron chi connectivity index (χ2n) is 7.91. The lowest BCUT2D eigenvalue weighted by atomic mass is 9.88. The van der Waals surface area contributed by atoms with Gasteiger partial charge in [-0.15, -0.1) is 0 Å². The summed E-state index contributed by atoms with van der Waals surface area (Å²) in [5.74, 6) is -0.710. The van der Waals surface area contributed by atoms with E-state index in [9.17, 15) is 4.79 Å². The van der Waals surface area contributed by atoms with E-state index in [-0.39, 0.29) is 16.5 Å². The van der Waals surface area contributed by atoms with Gasteiger partial charge < -0.3 is 9.47 Å². The number of likely N-dealkylation sites (tertiary alicyclic amines) is 1. The van der Waals surface area contributed by atoms with E-state index in [1.807, 2.05) is 24.4 Å². The maximum Gasteiger partial charge on any atom is 0.253 e. The highest BCUT2D eigenvalue weighted by Crippen LogP contribution is 2.34. The van der Waals surface area contributed by atoms with Gasteiger partial charge in [-0.25, -0.2) is 4.98 Å². The molecule has 1 amide bonds. The highest BCUT2D eigenvalue weighted by molar-refractivity contribution is 14.1.